The number of nitrogens with zero attached hydrogens (tertiary/aromatic N) is 3. The zero-order valence-corrected chi connectivity index (χ0v) is 20.7. The lowest BCUT2D eigenvalue weighted by atomic mass is 9.97. The molecule has 2 aromatic heterocycles. The maximum Gasteiger partial charge on any atom is 0.331 e. The molecule has 1 aliphatic rings. The van der Waals surface area contributed by atoms with Crippen LogP contribution in [0.25, 0.3) is 22.2 Å². The Hall–Kier alpha value is -3.78. The molecule has 0 saturated carbocycles. The lowest BCUT2D eigenvalue weighted by molar-refractivity contribution is -0.00716. The van der Waals surface area contributed by atoms with E-state index in [1.807, 2.05) is 25.1 Å². The van der Waals surface area contributed by atoms with Crippen molar-refractivity contribution in [3.8, 4) is 22.8 Å². The van der Waals surface area contributed by atoms with Gasteiger partial charge in [0.15, 0.2) is 11.5 Å². The normalized spacial score (nSPS) is 16.9. The minimum absolute atomic E-state index is 0.0225. The van der Waals surface area contributed by atoms with Crippen LogP contribution in [0, 0.1) is 6.92 Å². The average molecular weight is 476 g/mol. The summed E-state index contributed by atoms with van der Waals surface area (Å²) < 4.78 is 16.6. The molecule has 1 N–H and O–H groups in total. The molecule has 0 spiro atoms. The molecular weight excluding hydrogens is 446 g/mol. The molecular formula is C27H29N3O5. The summed E-state index contributed by atoms with van der Waals surface area (Å²) in [5.74, 6) is 0.344. The largest absolute Gasteiger partial charge is 0.504 e. The summed E-state index contributed by atoms with van der Waals surface area (Å²) in [7, 11) is 4.68. The fraction of sp³-hybridized carbons (Fsp3) is 0.333. The first kappa shape index (κ1) is 23.0. The molecule has 8 nitrogen and oxygen atoms in total. The zero-order chi connectivity index (χ0) is 25.2. The SMILES string of the molecule is COc1cc([C@@H]2OCC(C)(C)n3c(-c4cccc(C)c4)c4c(=O)n(C)c(=O)n(C)c4c32)ccc1O. The summed E-state index contributed by atoms with van der Waals surface area (Å²) in [6.07, 6.45) is -0.587. The van der Waals surface area contributed by atoms with E-state index in [9.17, 15) is 14.7 Å². The number of rotatable bonds is 3. The summed E-state index contributed by atoms with van der Waals surface area (Å²) in [6, 6.07) is 13.1. The van der Waals surface area contributed by atoms with E-state index in [0.717, 1.165) is 32.6 Å². The van der Waals surface area contributed by atoms with Gasteiger partial charge in [-0.15, -0.1) is 0 Å². The van der Waals surface area contributed by atoms with E-state index >= 15 is 0 Å². The fourth-order valence-corrected chi connectivity index (χ4v) is 5.17. The minimum atomic E-state index is -0.587. The second-order valence-corrected chi connectivity index (χ2v) is 9.80. The monoisotopic (exact) mass is 475 g/mol. The van der Waals surface area contributed by atoms with Crippen LogP contribution in [0.3, 0.4) is 0 Å². The average Bonchev–Trinajstić information content (AvgIpc) is 3.20. The fourth-order valence-electron chi connectivity index (χ4n) is 5.17. The lowest BCUT2D eigenvalue weighted by Crippen LogP contribution is -2.40. The van der Waals surface area contributed by atoms with Crippen molar-refractivity contribution in [2.24, 2.45) is 14.1 Å². The number of hydrogen-bond acceptors (Lipinski definition) is 5. The molecule has 0 aliphatic carbocycles. The van der Waals surface area contributed by atoms with Crippen molar-refractivity contribution in [2.75, 3.05) is 13.7 Å². The number of methoxy groups -OCH3 is 1. The summed E-state index contributed by atoms with van der Waals surface area (Å²) in [6.45, 7) is 6.51. The molecule has 0 fully saturated rings. The second kappa shape index (κ2) is 7.88. The maximum atomic E-state index is 13.6. The van der Waals surface area contributed by atoms with Gasteiger partial charge in [-0.05, 0) is 50.1 Å². The predicted molar refractivity (Wildman–Crippen MR) is 134 cm³/mol. The van der Waals surface area contributed by atoms with Crippen LogP contribution >= 0.6 is 0 Å². The Balaban J connectivity index is 1.99. The third-order valence-electron chi connectivity index (χ3n) is 6.86. The van der Waals surface area contributed by atoms with Crippen LogP contribution in [0.1, 0.15) is 36.8 Å². The molecule has 4 aromatic rings. The molecule has 0 amide bonds. The Morgan fingerprint density at radius 1 is 1.09 bits per heavy atom. The molecule has 0 unspecified atom stereocenters. The van der Waals surface area contributed by atoms with Crippen LogP contribution in [-0.4, -0.2) is 32.5 Å². The van der Waals surface area contributed by atoms with Gasteiger partial charge in [0.1, 0.15) is 6.10 Å². The predicted octanol–water partition coefficient (Wildman–Crippen LogP) is 3.58. The molecule has 2 aromatic carbocycles. The Kier molecular flexibility index (Phi) is 5.18. The quantitative estimate of drug-likeness (QED) is 0.489. The third-order valence-corrected chi connectivity index (χ3v) is 6.86. The maximum absolute atomic E-state index is 13.6. The Morgan fingerprint density at radius 3 is 2.51 bits per heavy atom. The number of fused-ring (bicyclic) bond motifs is 3. The van der Waals surface area contributed by atoms with Crippen LogP contribution in [0.4, 0.5) is 0 Å². The summed E-state index contributed by atoms with van der Waals surface area (Å²) in [4.78, 5) is 26.7. The number of phenolic OH excluding ortho intramolecular Hbond substituents is 1. The molecule has 3 heterocycles. The number of phenols is 1. The van der Waals surface area contributed by atoms with Crippen LogP contribution < -0.4 is 16.0 Å². The van der Waals surface area contributed by atoms with Gasteiger partial charge in [-0.2, -0.15) is 0 Å². The molecule has 182 valence electrons. The van der Waals surface area contributed by atoms with Crippen molar-refractivity contribution in [3.63, 3.8) is 0 Å². The van der Waals surface area contributed by atoms with Gasteiger partial charge in [0.25, 0.3) is 5.56 Å². The minimum Gasteiger partial charge on any atom is -0.504 e. The molecule has 5 rings (SSSR count). The van der Waals surface area contributed by atoms with Gasteiger partial charge in [0.05, 0.1) is 41.5 Å². The van der Waals surface area contributed by atoms with Crippen molar-refractivity contribution >= 4 is 10.9 Å². The van der Waals surface area contributed by atoms with Crippen LogP contribution in [0.5, 0.6) is 11.5 Å². The topological polar surface area (TPSA) is 87.6 Å². The van der Waals surface area contributed by atoms with Gasteiger partial charge in [0, 0.05) is 14.1 Å². The molecule has 35 heavy (non-hydrogen) atoms. The number of benzene rings is 2. The first-order chi connectivity index (χ1) is 16.6. The highest BCUT2D eigenvalue weighted by atomic mass is 16.5. The van der Waals surface area contributed by atoms with E-state index in [2.05, 4.69) is 24.5 Å². The number of aromatic hydroxyl groups is 1. The highest BCUT2D eigenvalue weighted by Crippen LogP contribution is 2.46. The van der Waals surface area contributed by atoms with Crippen molar-refractivity contribution in [1.29, 1.82) is 0 Å². The van der Waals surface area contributed by atoms with E-state index in [-0.39, 0.29) is 11.3 Å². The van der Waals surface area contributed by atoms with Gasteiger partial charge in [0.2, 0.25) is 0 Å². The molecule has 1 atom stereocenters. The number of hydrogen-bond donors (Lipinski definition) is 1. The molecule has 0 saturated heterocycles. The van der Waals surface area contributed by atoms with Crippen molar-refractivity contribution in [2.45, 2.75) is 32.4 Å². The van der Waals surface area contributed by atoms with Gasteiger partial charge < -0.3 is 19.1 Å². The number of ether oxygens (including phenoxy) is 2. The molecule has 1 aliphatic heterocycles. The van der Waals surface area contributed by atoms with E-state index in [1.165, 1.54) is 18.7 Å². The van der Waals surface area contributed by atoms with Crippen molar-refractivity contribution in [1.82, 2.24) is 13.7 Å². The van der Waals surface area contributed by atoms with Gasteiger partial charge in [-0.1, -0.05) is 29.8 Å². The third kappa shape index (κ3) is 3.31. The first-order valence-electron chi connectivity index (χ1n) is 11.5. The number of aromatic nitrogens is 3. The van der Waals surface area contributed by atoms with Gasteiger partial charge in [-0.25, -0.2) is 4.79 Å². The van der Waals surface area contributed by atoms with Gasteiger partial charge in [-0.3, -0.25) is 13.9 Å². The van der Waals surface area contributed by atoms with E-state index in [4.69, 9.17) is 9.47 Å². The summed E-state index contributed by atoms with van der Waals surface area (Å²) >= 11 is 0. The van der Waals surface area contributed by atoms with Crippen molar-refractivity contribution in [3.05, 3.63) is 80.1 Å². The summed E-state index contributed by atoms with van der Waals surface area (Å²) in [5.41, 5.74) is 3.48. The first-order valence-corrected chi connectivity index (χ1v) is 11.5. The van der Waals surface area contributed by atoms with E-state index in [1.54, 1.807) is 25.2 Å². The second-order valence-electron chi connectivity index (χ2n) is 9.80. The van der Waals surface area contributed by atoms with Crippen molar-refractivity contribution < 1.29 is 14.6 Å². The van der Waals surface area contributed by atoms with E-state index in [0.29, 0.717) is 23.3 Å². The van der Waals surface area contributed by atoms with Crippen LogP contribution in [-0.2, 0) is 24.4 Å². The molecule has 0 bridgehead atoms. The highest BCUT2D eigenvalue weighted by Gasteiger charge is 2.40. The van der Waals surface area contributed by atoms with E-state index < -0.39 is 17.3 Å². The molecule has 0 radical (unpaired) electrons. The Bertz CT molecular complexity index is 1610. The Morgan fingerprint density at radius 2 is 1.83 bits per heavy atom. The standard InChI is InChI=1S/C27H29N3O5/c1-15-8-7-9-16(12-15)21-20-22(28(4)26(33)29(5)25(20)32)23-24(35-14-27(2,3)30(21)23)17-10-11-18(31)19(13-17)34-6/h7-13,24,31H,14H2,1-6H3/t24-/m0/s1. The van der Waals surface area contributed by atoms with Crippen LogP contribution in [0.2, 0.25) is 0 Å². The highest BCUT2D eigenvalue weighted by molar-refractivity contribution is 5.97. The Labute approximate surface area is 202 Å². The summed E-state index contributed by atoms with van der Waals surface area (Å²) in [5, 5.41) is 10.6. The number of aryl methyl sites for hydroxylation is 2. The lowest BCUT2D eigenvalue weighted by Gasteiger charge is -2.39. The van der Waals surface area contributed by atoms with Crippen LogP contribution in [0.15, 0.2) is 52.1 Å². The molecule has 8 heteroatoms. The van der Waals surface area contributed by atoms with Gasteiger partial charge >= 0.3 is 5.69 Å². The zero-order valence-electron chi connectivity index (χ0n) is 20.7. The smallest absolute Gasteiger partial charge is 0.331 e.